The number of hydrogen-bond acceptors (Lipinski definition) is 3. The fourth-order valence-electron chi connectivity index (χ4n) is 2.84. The van der Waals surface area contributed by atoms with Crippen molar-refractivity contribution in [3.8, 4) is 0 Å². The minimum Gasteiger partial charge on any atom is -0.389 e. The molecule has 3 N–H and O–H groups in total. The number of anilines is 1. The molecule has 0 radical (unpaired) electrons. The standard InChI is InChI=1S/C18H19N3OS/c19-18(23)14-6-3-7-16(10-14)20-17(22)12-21-9-8-13-4-1-2-5-15(13)11-21/h1-7,10H,8-9,11-12H2,(H2,19,23)(H,20,22). The van der Waals surface area contributed by atoms with Crippen molar-refractivity contribution >= 4 is 28.8 Å². The average Bonchev–Trinajstić information content (AvgIpc) is 2.55. The summed E-state index contributed by atoms with van der Waals surface area (Å²) in [6.45, 7) is 2.10. The Morgan fingerprint density at radius 2 is 1.96 bits per heavy atom. The quantitative estimate of drug-likeness (QED) is 0.847. The minimum atomic E-state index is -0.0236. The van der Waals surface area contributed by atoms with E-state index in [1.807, 2.05) is 24.3 Å². The monoisotopic (exact) mass is 325 g/mol. The van der Waals surface area contributed by atoms with Gasteiger partial charge in [0.25, 0.3) is 0 Å². The van der Waals surface area contributed by atoms with E-state index in [0.717, 1.165) is 30.8 Å². The lowest BCUT2D eigenvalue weighted by Crippen LogP contribution is -2.37. The molecule has 118 valence electrons. The molecule has 1 heterocycles. The van der Waals surface area contributed by atoms with E-state index in [2.05, 4.69) is 28.4 Å². The second-order valence-electron chi connectivity index (χ2n) is 5.72. The highest BCUT2D eigenvalue weighted by Crippen LogP contribution is 2.18. The summed E-state index contributed by atoms with van der Waals surface area (Å²) in [5, 5.41) is 2.91. The van der Waals surface area contributed by atoms with Crippen LogP contribution in [0.3, 0.4) is 0 Å². The van der Waals surface area contributed by atoms with Crippen molar-refractivity contribution in [1.29, 1.82) is 0 Å². The van der Waals surface area contributed by atoms with Crippen LogP contribution in [-0.4, -0.2) is 28.9 Å². The van der Waals surface area contributed by atoms with Crippen molar-refractivity contribution in [2.75, 3.05) is 18.4 Å². The zero-order valence-corrected chi connectivity index (χ0v) is 13.6. The van der Waals surface area contributed by atoms with Crippen LogP contribution in [0.5, 0.6) is 0 Å². The Morgan fingerprint density at radius 1 is 1.17 bits per heavy atom. The van der Waals surface area contributed by atoms with E-state index in [4.69, 9.17) is 18.0 Å². The number of hydrogen-bond donors (Lipinski definition) is 2. The second-order valence-corrected chi connectivity index (χ2v) is 6.16. The van der Waals surface area contributed by atoms with Gasteiger partial charge in [-0.3, -0.25) is 9.69 Å². The van der Waals surface area contributed by atoms with E-state index in [0.29, 0.717) is 11.5 Å². The van der Waals surface area contributed by atoms with Gasteiger partial charge in [-0.15, -0.1) is 0 Å². The van der Waals surface area contributed by atoms with Crippen LogP contribution in [0.25, 0.3) is 0 Å². The first-order valence-electron chi connectivity index (χ1n) is 7.60. The van der Waals surface area contributed by atoms with Gasteiger partial charge < -0.3 is 11.1 Å². The lowest BCUT2D eigenvalue weighted by molar-refractivity contribution is -0.117. The summed E-state index contributed by atoms with van der Waals surface area (Å²) in [7, 11) is 0. The Hall–Kier alpha value is -2.24. The van der Waals surface area contributed by atoms with Crippen LogP contribution in [-0.2, 0) is 17.8 Å². The second kappa shape index (κ2) is 6.89. The number of nitrogens with zero attached hydrogens (tertiary/aromatic N) is 1. The Bertz CT molecular complexity index is 745. The molecule has 0 aliphatic carbocycles. The topological polar surface area (TPSA) is 58.4 Å². The fraction of sp³-hybridized carbons (Fsp3) is 0.222. The molecule has 1 amide bonds. The molecule has 0 spiro atoms. The van der Waals surface area contributed by atoms with Crippen LogP contribution >= 0.6 is 12.2 Å². The number of benzene rings is 2. The smallest absolute Gasteiger partial charge is 0.238 e. The van der Waals surface area contributed by atoms with Gasteiger partial charge >= 0.3 is 0 Å². The summed E-state index contributed by atoms with van der Waals surface area (Å²) in [6, 6.07) is 15.7. The van der Waals surface area contributed by atoms with Crippen LogP contribution in [0.15, 0.2) is 48.5 Å². The van der Waals surface area contributed by atoms with E-state index < -0.39 is 0 Å². The molecule has 4 nitrogen and oxygen atoms in total. The highest BCUT2D eigenvalue weighted by Gasteiger charge is 2.18. The molecule has 1 aliphatic heterocycles. The maximum Gasteiger partial charge on any atom is 0.238 e. The van der Waals surface area contributed by atoms with Crippen molar-refractivity contribution in [2.24, 2.45) is 5.73 Å². The van der Waals surface area contributed by atoms with E-state index in [1.165, 1.54) is 11.1 Å². The number of fused-ring (bicyclic) bond motifs is 1. The van der Waals surface area contributed by atoms with Gasteiger partial charge in [-0.05, 0) is 29.7 Å². The van der Waals surface area contributed by atoms with Gasteiger partial charge in [-0.25, -0.2) is 0 Å². The normalized spacial score (nSPS) is 14.1. The summed E-state index contributed by atoms with van der Waals surface area (Å²) >= 11 is 4.96. The molecule has 0 bridgehead atoms. The lowest BCUT2D eigenvalue weighted by Gasteiger charge is -2.28. The average molecular weight is 325 g/mol. The molecule has 2 aromatic rings. The largest absolute Gasteiger partial charge is 0.389 e. The van der Waals surface area contributed by atoms with Crippen LogP contribution < -0.4 is 11.1 Å². The molecule has 0 atom stereocenters. The van der Waals surface area contributed by atoms with E-state index >= 15 is 0 Å². The zero-order valence-electron chi connectivity index (χ0n) is 12.8. The molecule has 0 unspecified atom stereocenters. The van der Waals surface area contributed by atoms with Crippen molar-refractivity contribution in [2.45, 2.75) is 13.0 Å². The maximum absolute atomic E-state index is 12.3. The summed E-state index contributed by atoms with van der Waals surface area (Å²) in [5.41, 5.74) is 9.78. The van der Waals surface area contributed by atoms with Gasteiger partial charge in [0.05, 0.1) is 6.54 Å². The van der Waals surface area contributed by atoms with Crippen molar-refractivity contribution < 1.29 is 4.79 Å². The van der Waals surface area contributed by atoms with Gasteiger partial charge in [-0.1, -0.05) is 48.6 Å². The van der Waals surface area contributed by atoms with Gasteiger partial charge in [-0.2, -0.15) is 0 Å². The summed E-state index contributed by atoms with van der Waals surface area (Å²) in [5.74, 6) is -0.0236. The van der Waals surface area contributed by atoms with Crippen LogP contribution in [0.2, 0.25) is 0 Å². The molecule has 1 aliphatic rings. The van der Waals surface area contributed by atoms with Crippen molar-refractivity contribution in [3.05, 3.63) is 65.2 Å². The molecule has 0 fully saturated rings. The molecule has 23 heavy (non-hydrogen) atoms. The highest BCUT2D eigenvalue weighted by atomic mass is 32.1. The third-order valence-corrected chi connectivity index (χ3v) is 4.24. The third kappa shape index (κ3) is 3.94. The fourth-order valence-corrected chi connectivity index (χ4v) is 2.97. The molecule has 0 saturated carbocycles. The molecule has 3 rings (SSSR count). The van der Waals surface area contributed by atoms with Crippen LogP contribution in [0, 0.1) is 0 Å². The van der Waals surface area contributed by atoms with Crippen LogP contribution in [0.1, 0.15) is 16.7 Å². The van der Waals surface area contributed by atoms with E-state index in [9.17, 15) is 4.79 Å². The number of carbonyl (C=O) groups excluding carboxylic acids is 1. The molecular weight excluding hydrogens is 306 g/mol. The number of carbonyl (C=O) groups is 1. The van der Waals surface area contributed by atoms with E-state index in [1.54, 1.807) is 6.07 Å². The molecule has 0 aromatic heterocycles. The highest BCUT2D eigenvalue weighted by molar-refractivity contribution is 7.80. The van der Waals surface area contributed by atoms with Gasteiger partial charge in [0.2, 0.25) is 5.91 Å². The Kier molecular flexibility index (Phi) is 4.69. The maximum atomic E-state index is 12.3. The van der Waals surface area contributed by atoms with Gasteiger partial charge in [0, 0.05) is 24.3 Å². The third-order valence-electron chi connectivity index (χ3n) is 4.01. The Labute approximate surface area is 141 Å². The predicted molar refractivity (Wildman–Crippen MR) is 96.4 cm³/mol. The summed E-state index contributed by atoms with van der Waals surface area (Å²) in [4.78, 5) is 14.7. The number of rotatable bonds is 4. The SMILES string of the molecule is NC(=S)c1cccc(NC(=O)CN2CCc3ccccc3C2)c1. The number of thiocarbonyl (C=S) groups is 1. The summed E-state index contributed by atoms with van der Waals surface area (Å²) in [6.07, 6.45) is 0.986. The number of nitrogens with one attached hydrogen (secondary N) is 1. The number of amides is 1. The number of nitrogens with two attached hydrogens (primary N) is 1. The van der Waals surface area contributed by atoms with Gasteiger partial charge in [0.1, 0.15) is 4.99 Å². The predicted octanol–water partition coefficient (Wildman–Crippen LogP) is 2.32. The molecule has 5 heteroatoms. The minimum absolute atomic E-state index is 0.0236. The first-order valence-corrected chi connectivity index (χ1v) is 8.01. The Balaban J connectivity index is 1.60. The van der Waals surface area contributed by atoms with Gasteiger partial charge in [0.15, 0.2) is 0 Å². The Morgan fingerprint density at radius 3 is 2.74 bits per heavy atom. The summed E-state index contributed by atoms with van der Waals surface area (Å²) < 4.78 is 0. The van der Waals surface area contributed by atoms with Crippen LogP contribution in [0.4, 0.5) is 5.69 Å². The zero-order chi connectivity index (χ0) is 16.2. The molecule has 2 aromatic carbocycles. The van der Waals surface area contributed by atoms with Crippen molar-refractivity contribution in [3.63, 3.8) is 0 Å². The molecular formula is C18H19N3OS. The van der Waals surface area contributed by atoms with Crippen molar-refractivity contribution in [1.82, 2.24) is 4.90 Å². The van der Waals surface area contributed by atoms with E-state index in [-0.39, 0.29) is 5.91 Å². The first-order chi connectivity index (χ1) is 11.1. The first kappa shape index (κ1) is 15.6. The lowest BCUT2D eigenvalue weighted by atomic mass is 10.00. The molecule has 0 saturated heterocycles.